The van der Waals surface area contributed by atoms with Crippen LogP contribution in [0.3, 0.4) is 0 Å². The van der Waals surface area contributed by atoms with Crippen LogP contribution < -0.4 is 10.6 Å². The van der Waals surface area contributed by atoms with Crippen LogP contribution in [0.2, 0.25) is 0 Å². The van der Waals surface area contributed by atoms with E-state index in [1.54, 1.807) is 0 Å². The normalized spacial score (nSPS) is 22.2. The Kier molecular flexibility index (Phi) is 8.97. The quantitative estimate of drug-likeness (QED) is 0.461. The molecule has 4 heteroatoms. The molecule has 2 atom stereocenters. The predicted molar refractivity (Wildman–Crippen MR) is 160 cm³/mol. The molecule has 0 unspecified atom stereocenters. The van der Waals surface area contributed by atoms with Gasteiger partial charge in [-0.25, -0.2) is 0 Å². The first-order valence-corrected chi connectivity index (χ1v) is 13.7. The van der Waals surface area contributed by atoms with Crippen molar-refractivity contribution in [3.8, 4) is 0 Å². The van der Waals surface area contributed by atoms with Crippen molar-refractivity contribution in [2.45, 2.75) is 37.8 Å². The van der Waals surface area contributed by atoms with Crippen molar-refractivity contribution < 1.29 is 0 Å². The van der Waals surface area contributed by atoms with E-state index < -0.39 is 0 Å². The van der Waals surface area contributed by atoms with E-state index in [0.29, 0.717) is 0 Å². The Morgan fingerprint density at radius 1 is 0.500 bits per heavy atom. The Hall–Kier alpha value is -4.18. The molecule has 0 bridgehead atoms. The largest absolute Gasteiger partial charge is 0.374 e. The highest BCUT2D eigenvalue weighted by Crippen LogP contribution is 2.32. The summed E-state index contributed by atoms with van der Waals surface area (Å²) < 4.78 is 0. The Labute approximate surface area is 226 Å². The molecule has 1 aliphatic heterocycles. The lowest BCUT2D eigenvalue weighted by atomic mass is 9.92. The van der Waals surface area contributed by atoms with Crippen molar-refractivity contribution in [3.63, 3.8) is 0 Å². The highest BCUT2D eigenvalue weighted by molar-refractivity contribution is 6.09. The summed E-state index contributed by atoms with van der Waals surface area (Å²) in [5.74, 6) is 0. The van der Waals surface area contributed by atoms with Gasteiger partial charge in [-0.1, -0.05) is 110 Å². The van der Waals surface area contributed by atoms with Crippen molar-refractivity contribution in [2.75, 3.05) is 13.1 Å². The van der Waals surface area contributed by atoms with Gasteiger partial charge in [0.15, 0.2) is 0 Å². The van der Waals surface area contributed by atoms with Crippen LogP contribution in [0.25, 0.3) is 0 Å². The minimum Gasteiger partial charge on any atom is -0.374 e. The molecule has 38 heavy (non-hydrogen) atoms. The topological polar surface area (TPSA) is 48.8 Å². The Bertz CT molecular complexity index is 1200. The summed E-state index contributed by atoms with van der Waals surface area (Å²) in [7, 11) is 0. The SMILES string of the molecule is C1=CC=C2N[C@@H](c3ccccc3)[C@H](c3ccccc3)NC3=CC=CC=CC3=NCCCCCCN=C2C=C1. The molecule has 5 rings (SSSR count). The zero-order valence-electron chi connectivity index (χ0n) is 21.8. The maximum atomic E-state index is 5.02. The lowest BCUT2D eigenvalue weighted by Gasteiger charge is -2.33. The van der Waals surface area contributed by atoms with Crippen molar-refractivity contribution in [3.05, 3.63) is 144 Å². The van der Waals surface area contributed by atoms with Gasteiger partial charge < -0.3 is 10.6 Å². The van der Waals surface area contributed by atoms with Crippen LogP contribution in [0.4, 0.5) is 0 Å². The summed E-state index contributed by atoms with van der Waals surface area (Å²) in [6.07, 6.45) is 25.5. The number of fused-ring (bicyclic) bond motifs is 2. The summed E-state index contributed by atoms with van der Waals surface area (Å²) in [4.78, 5) is 10.0. The third kappa shape index (κ3) is 6.77. The van der Waals surface area contributed by atoms with Crippen molar-refractivity contribution >= 4 is 11.4 Å². The van der Waals surface area contributed by atoms with Crippen molar-refractivity contribution in [1.82, 2.24) is 10.6 Å². The molecule has 2 aliphatic carbocycles. The van der Waals surface area contributed by atoms with E-state index >= 15 is 0 Å². The number of allylic oxidation sites excluding steroid dienone is 10. The van der Waals surface area contributed by atoms with Crippen molar-refractivity contribution in [2.24, 2.45) is 9.98 Å². The number of nitrogens with one attached hydrogen (secondary N) is 2. The molecule has 0 amide bonds. The first-order chi connectivity index (χ1) is 18.9. The smallest absolute Gasteiger partial charge is 0.0805 e. The molecule has 192 valence electrons. The monoisotopic (exact) mass is 500 g/mol. The van der Waals surface area contributed by atoms with E-state index in [1.807, 2.05) is 0 Å². The fraction of sp³-hybridized carbons (Fsp3) is 0.235. The van der Waals surface area contributed by atoms with E-state index in [-0.39, 0.29) is 12.1 Å². The second kappa shape index (κ2) is 13.4. The van der Waals surface area contributed by atoms with Gasteiger partial charge in [0.05, 0.1) is 34.9 Å². The molecular formula is C34H36N4. The Balaban J connectivity index is 1.62. The number of hydrogen-bond donors (Lipinski definition) is 2. The van der Waals surface area contributed by atoms with Gasteiger partial charge in [-0.05, 0) is 48.3 Å². The molecular weight excluding hydrogens is 464 g/mol. The lowest BCUT2D eigenvalue weighted by molar-refractivity contribution is 0.448. The molecule has 0 radical (unpaired) electrons. The summed E-state index contributed by atoms with van der Waals surface area (Å²) >= 11 is 0. The summed E-state index contributed by atoms with van der Waals surface area (Å²) in [5, 5.41) is 7.83. The number of nitrogens with zero attached hydrogens (tertiary/aromatic N) is 2. The van der Waals surface area contributed by atoms with E-state index in [9.17, 15) is 0 Å². The summed E-state index contributed by atoms with van der Waals surface area (Å²) in [6, 6.07) is 21.2. The maximum Gasteiger partial charge on any atom is 0.0805 e. The first-order valence-electron chi connectivity index (χ1n) is 13.7. The zero-order chi connectivity index (χ0) is 25.8. The predicted octanol–water partition coefficient (Wildman–Crippen LogP) is 7.12. The minimum absolute atomic E-state index is 0.0683. The number of rotatable bonds is 2. The third-order valence-electron chi connectivity index (χ3n) is 6.93. The standard InChI is InChI=1S/C34H36N4/c1-2-16-26-36-30-22-12-6-14-24-32(30)38-34(28-19-9-4-10-20-28)33(27-17-7-3-8-18-27)37-31-23-13-5-11-21-29(31)35-25-15-1/h3-14,17-24,33-34,37-38H,1-2,15-16,25-26H2/t33-,34-/m0/s1. The van der Waals surface area contributed by atoms with Gasteiger partial charge in [-0.15, -0.1) is 0 Å². The molecule has 0 saturated carbocycles. The Morgan fingerprint density at radius 2 is 0.947 bits per heavy atom. The van der Waals surface area contributed by atoms with Crippen LogP contribution in [-0.4, -0.2) is 24.5 Å². The van der Waals surface area contributed by atoms with Crippen LogP contribution >= 0.6 is 0 Å². The van der Waals surface area contributed by atoms with Gasteiger partial charge in [0.1, 0.15) is 0 Å². The lowest BCUT2D eigenvalue weighted by Crippen LogP contribution is -2.37. The van der Waals surface area contributed by atoms with Gasteiger partial charge in [0, 0.05) is 13.1 Å². The summed E-state index contributed by atoms with van der Waals surface area (Å²) in [5.41, 5.74) is 6.45. The van der Waals surface area contributed by atoms with Gasteiger partial charge in [0.2, 0.25) is 0 Å². The molecule has 2 aromatic carbocycles. The molecule has 0 saturated heterocycles. The van der Waals surface area contributed by atoms with Crippen LogP contribution in [0, 0.1) is 0 Å². The minimum atomic E-state index is -0.0683. The molecule has 3 aliphatic rings. The average molecular weight is 501 g/mol. The number of hydrogen-bond acceptors (Lipinski definition) is 4. The van der Waals surface area contributed by atoms with E-state index in [2.05, 4.69) is 132 Å². The van der Waals surface area contributed by atoms with Crippen LogP contribution in [0.1, 0.15) is 48.9 Å². The number of aliphatic imine (C=N–C) groups is 2. The highest BCUT2D eigenvalue weighted by Gasteiger charge is 2.28. The first kappa shape index (κ1) is 25.5. The van der Waals surface area contributed by atoms with E-state index in [0.717, 1.165) is 61.6 Å². The summed E-state index contributed by atoms with van der Waals surface area (Å²) in [6.45, 7) is 1.65. The number of benzene rings is 2. The van der Waals surface area contributed by atoms with Gasteiger partial charge >= 0.3 is 0 Å². The maximum absolute atomic E-state index is 5.02. The zero-order valence-corrected chi connectivity index (χ0v) is 21.8. The molecule has 0 fully saturated rings. The van der Waals surface area contributed by atoms with Crippen LogP contribution in [0.15, 0.2) is 143 Å². The highest BCUT2D eigenvalue weighted by atomic mass is 15.1. The molecule has 2 N–H and O–H groups in total. The molecule has 4 nitrogen and oxygen atoms in total. The van der Waals surface area contributed by atoms with E-state index in [4.69, 9.17) is 9.98 Å². The average Bonchev–Trinajstić information content (AvgIpc) is 3.32. The molecule has 1 heterocycles. The molecule has 0 aromatic heterocycles. The fourth-order valence-corrected chi connectivity index (χ4v) is 4.95. The van der Waals surface area contributed by atoms with Crippen LogP contribution in [0.5, 0.6) is 0 Å². The second-order valence-electron chi connectivity index (χ2n) is 9.66. The van der Waals surface area contributed by atoms with Crippen LogP contribution in [-0.2, 0) is 0 Å². The Morgan fingerprint density at radius 3 is 1.39 bits per heavy atom. The van der Waals surface area contributed by atoms with Gasteiger partial charge in [0.25, 0.3) is 0 Å². The second-order valence-corrected chi connectivity index (χ2v) is 9.66. The molecule has 2 aromatic rings. The fourth-order valence-electron chi connectivity index (χ4n) is 4.95. The molecule has 0 spiro atoms. The third-order valence-corrected chi connectivity index (χ3v) is 6.93. The van der Waals surface area contributed by atoms with E-state index in [1.165, 1.54) is 11.1 Å². The van der Waals surface area contributed by atoms with Gasteiger partial charge in [-0.3, -0.25) is 9.98 Å². The van der Waals surface area contributed by atoms with Gasteiger partial charge in [-0.2, -0.15) is 0 Å². The van der Waals surface area contributed by atoms with Crippen molar-refractivity contribution in [1.29, 1.82) is 0 Å².